The summed E-state index contributed by atoms with van der Waals surface area (Å²) in [6, 6.07) is 0. The molecule has 0 radical (unpaired) electrons. The summed E-state index contributed by atoms with van der Waals surface area (Å²) in [6.45, 7) is 0. The zero-order chi connectivity index (χ0) is 17.8. The van der Waals surface area contributed by atoms with Crippen LogP contribution in [0, 0.1) is 0 Å². The number of carbonyl (C=O) groups is 6. The third-order valence-electron chi connectivity index (χ3n) is 2.30. The molecule has 0 rings (SSSR count). The van der Waals surface area contributed by atoms with Crippen LogP contribution in [0.15, 0.2) is 0 Å². The molecule has 0 aromatic heterocycles. The minimum Gasteiger partial charge on any atom is -0.481 e. The zero-order valence-electron chi connectivity index (χ0n) is 12.1. The Labute approximate surface area is 130 Å². The Bertz CT molecular complexity index is 449. The average Bonchev–Trinajstić information content (AvgIpc) is 2.42. The molecular formula is C13H16O10. The molecule has 0 bridgehead atoms. The maximum absolute atomic E-state index is 11.2. The van der Waals surface area contributed by atoms with Crippen LogP contribution in [0.3, 0.4) is 0 Å². The summed E-state index contributed by atoms with van der Waals surface area (Å²) in [5.74, 6) is -6.22. The van der Waals surface area contributed by atoms with Crippen LogP contribution in [0.1, 0.15) is 44.9 Å². The number of carboxylic acids is 2. The van der Waals surface area contributed by atoms with Gasteiger partial charge < -0.3 is 19.7 Å². The highest BCUT2D eigenvalue weighted by atomic mass is 16.6. The molecule has 0 saturated heterocycles. The van der Waals surface area contributed by atoms with E-state index >= 15 is 0 Å². The number of aliphatic carboxylic acids is 2. The standard InChI is InChI=1S/C13H16O10/c14-8(15)4-6-12(20)22-10(18)2-1-3-11(19)23-13(21)7-5-9(16)17/h1-7H2,(H,14,15)(H,16,17). The van der Waals surface area contributed by atoms with Crippen molar-refractivity contribution < 1.29 is 48.5 Å². The maximum atomic E-state index is 11.2. The molecule has 0 heterocycles. The second kappa shape index (κ2) is 10.9. The normalized spacial score (nSPS) is 9.74. The van der Waals surface area contributed by atoms with Crippen molar-refractivity contribution in [2.45, 2.75) is 44.9 Å². The molecule has 0 spiro atoms. The van der Waals surface area contributed by atoms with E-state index in [4.69, 9.17) is 10.2 Å². The van der Waals surface area contributed by atoms with Crippen LogP contribution in [-0.2, 0) is 38.2 Å². The fourth-order valence-electron chi connectivity index (χ4n) is 1.25. The Balaban J connectivity index is 3.83. The van der Waals surface area contributed by atoms with Crippen LogP contribution in [0.4, 0.5) is 0 Å². The molecule has 0 amide bonds. The van der Waals surface area contributed by atoms with Crippen molar-refractivity contribution >= 4 is 35.8 Å². The van der Waals surface area contributed by atoms with Gasteiger partial charge in [0.2, 0.25) is 0 Å². The first-order valence-electron chi connectivity index (χ1n) is 6.61. The van der Waals surface area contributed by atoms with Crippen molar-refractivity contribution in [1.29, 1.82) is 0 Å². The summed E-state index contributed by atoms with van der Waals surface area (Å²) in [7, 11) is 0. The molecule has 0 saturated carbocycles. The summed E-state index contributed by atoms with van der Waals surface area (Å²) >= 11 is 0. The van der Waals surface area contributed by atoms with Crippen LogP contribution >= 0.6 is 0 Å². The minimum absolute atomic E-state index is 0.0455. The molecule has 0 aromatic rings. The predicted molar refractivity (Wildman–Crippen MR) is 69.8 cm³/mol. The summed E-state index contributed by atoms with van der Waals surface area (Å²) < 4.78 is 8.61. The second-order valence-corrected chi connectivity index (χ2v) is 4.33. The zero-order valence-corrected chi connectivity index (χ0v) is 12.1. The van der Waals surface area contributed by atoms with E-state index in [0.717, 1.165) is 0 Å². The summed E-state index contributed by atoms with van der Waals surface area (Å²) in [5, 5.41) is 16.7. The lowest BCUT2D eigenvalue weighted by Crippen LogP contribution is -2.15. The quantitative estimate of drug-likeness (QED) is 0.412. The van der Waals surface area contributed by atoms with Gasteiger partial charge in [0.15, 0.2) is 0 Å². The molecule has 10 nitrogen and oxygen atoms in total. The molecule has 23 heavy (non-hydrogen) atoms. The van der Waals surface area contributed by atoms with Gasteiger partial charge in [-0.2, -0.15) is 0 Å². The van der Waals surface area contributed by atoms with Gasteiger partial charge in [-0.05, 0) is 6.42 Å². The Hall–Kier alpha value is -2.78. The molecule has 0 unspecified atom stereocenters. The maximum Gasteiger partial charge on any atom is 0.314 e. The van der Waals surface area contributed by atoms with Crippen LogP contribution in [0.25, 0.3) is 0 Å². The number of carboxylic acid groups (broad SMARTS) is 2. The molecule has 0 aromatic carbocycles. The minimum atomic E-state index is -1.20. The van der Waals surface area contributed by atoms with Gasteiger partial charge >= 0.3 is 35.8 Å². The molecule has 10 heteroatoms. The summed E-state index contributed by atoms with van der Waals surface area (Å²) in [4.78, 5) is 64.9. The lowest BCUT2D eigenvalue weighted by molar-refractivity contribution is -0.161. The van der Waals surface area contributed by atoms with E-state index in [1.165, 1.54) is 0 Å². The van der Waals surface area contributed by atoms with Gasteiger partial charge in [0.1, 0.15) is 0 Å². The largest absolute Gasteiger partial charge is 0.481 e. The van der Waals surface area contributed by atoms with Crippen LogP contribution in [-0.4, -0.2) is 46.0 Å². The van der Waals surface area contributed by atoms with E-state index < -0.39 is 61.5 Å². The van der Waals surface area contributed by atoms with Crippen LogP contribution in [0.5, 0.6) is 0 Å². The Morgan fingerprint density at radius 3 is 1.13 bits per heavy atom. The Morgan fingerprint density at radius 1 is 0.522 bits per heavy atom. The van der Waals surface area contributed by atoms with Crippen molar-refractivity contribution in [1.82, 2.24) is 0 Å². The lowest BCUT2D eigenvalue weighted by atomic mass is 10.2. The van der Waals surface area contributed by atoms with Crippen LogP contribution in [0.2, 0.25) is 0 Å². The topological polar surface area (TPSA) is 161 Å². The number of esters is 4. The van der Waals surface area contributed by atoms with Gasteiger partial charge in [-0.1, -0.05) is 0 Å². The van der Waals surface area contributed by atoms with Gasteiger partial charge in [-0.25, -0.2) is 0 Å². The molecular weight excluding hydrogens is 316 g/mol. The van der Waals surface area contributed by atoms with Crippen molar-refractivity contribution in [3.05, 3.63) is 0 Å². The summed E-state index contributed by atoms with van der Waals surface area (Å²) in [5.41, 5.74) is 0. The number of ether oxygens (including phenoxy) is 2. The van der Waals surface area contributed by atoms with Crippen molar-refractivity contribution in [2.24, 2.45) is 0 Å². The fourth-order valence-corrected chi connectivity index (χ4v) is 1.25. The van der Waals surface area contributed by atoms with E-state index in [-0.39, 0.29) is 19.3 Å². The number of carbonyl (C=O) groups excluding carboxylic acids is 4. The highest BCUT2D eigenvalue weighted by Crippen LogP contribution is 2.03. The van der Waals surface area contributed by atoms with Gasteiger partial charge in [0.25, 0.3) is 0 Å². The van der Waals surface area contributed by atoms with E-state index in [9.17, 15) is 28.8 Å². The first kappa shape index (κ1) is 20.2. The van der Waals surface area contributed by atoms with Crippen molar-refractivity contribution in [2.75, 3.05) is 0 Å². The smallest absolute Gasteiger partial charge is 0.314 e. The number of hydrogen-bond donors (Lipinski definition) is 2. The third-order valence-corrected chi connectivity index (χ3v) is 2.30. The van der Waals surface area contributed by atoms with E-state index in [1.807, 2.05) is 0 Å². The monoisotopic (exact) mass is 332 g/mol. The molecule has 2 N–H and O–H groups in total. The number of rotatable bonds is 10. The van der Waals surface area contributed by atoms with Gasteiger partial charge in [0, 0.05) is 12.8 Å². The highest BCUT2D eigenvalue weighted by molar-refractivity contribution is 5.88. The highest BCUT2D eigenvalue weighted by Gasteiger charge is 2.15. The van der Waals surface area contributed by atoms with Crippen LogP contribution < -0.4 is 0 Å². The van der Waals surface area contributed by atoms with Crippen molar-refractivity contribution in [3.8, 4) is 0 Å². The van der Waals surface area contributed by atoms with E-state index in [1.54, 1.807) is 0 Å². The van der Waals surface area contributed by atoms with E-state index in [0.29, 0.717) is 0 Å². The first-order valence-corrected chi connectivity index (χ1v) is 6.61. The summed E-state index contributed by atoms with van der Waals surface area (Å²) in [6.07, 6.45) is -2.44. The lowest BCUT2D eigenvalue weighted by Gasteiger charge is -2.03. The Morgan fingerprint density at radius 2 is 0.826 bits per heavy atom. The first-order chi connectivity index (χ1) is 10.7. The number of hydrogen-bond acceptors (Lipinski definition) is 8. The fraction of sp³-hybridized carbons (Fsp3) is 0.538. The van der Waals surface area contributed by atoms with Gasteiger partial charge in [-0.3, -0.25) is 28.8 Å². The second-order valence-electron chi connectivity index (χ2n) is 4.33. The SMILES string of the molecule is O=C(O)CCC(=O)OC(=O)CCCC(=O)OC(=O)CCC(=O)O. The molecule has 128 valence electrons. The van der Waals surface area contributed by atoms with Gasteiger partial charge in [-0.15, -0.1) is 0 Å². The van der Waals surface area contributed by atoms with Gasteiger partial charge in [0.05, 0.1) is 25.7 Å². The molecule has 0 aliphatic rings. The average molecular weight is 332 g/mol. The third kappa shape index (κ3) is 12.7. The molecule has 0 aliphatic heterocycles. The molecule has 0 aliphatic carbocycles. The molecule has 0 fully saturated rings. The predicted octanol–water partition coefficient (Wildman–Crippen LogP) is 0.0259. The Kier molecular flexibility index (Phi) is 9.56. The molecule has 0 atom stereocenters. The van der Waals surface area contributed by atoms with E-state index in [2.05, 4.69) is 9.47 Å². The van der Waals surface area contributed by atoms with Crippen molar-refractivity contribution in [3.63, 3.8) is 0 Å².